The average Bonchev–Trinajstić information content (AvgIpc) is 3.36. The number of aryl methyl sites for hydroxylation is 1. The first kappa shape index (κ1) is 24.6. The molecule has 27 heavy (non-hydrogen) atoms. The van der Waals surface area contributed by atoms with Gasteiger partial charge in [0, 0.05) is 31.9 Å². The standard InChI is InChI=1S/C8H10O.C6H11N3.C4H9NO.CH2O2/c1-7-3-5-8(9-2)6-4-7;1-7-3-2-6-8-4-5-9-6;6-4-1-2-5-3-4;2-1-3/h3-6H,1-2H3;4-5,7H,2-3H2,1H3,(H,8,9);4-6H,1-3H2;1H,(H,2,3). The number of imidazole rings is 1. The van der Waals surface area contributed by atoms with E-state index in [0.717, 1.165) is 44.0 Å². The highest BCUT2D eigenvalue weighted by Crippen LogP contribution is 2.09. The summed E-state index contributed by atoms with van der Waals surface area (Å²) < 4.78 is 4.97. The van der Waals surface area contributed by atoms with Crippen LogP contribution in [-0.2, 0) is 11.2 Å². The summed E-state index contributed by atoms with van der Waals surface area (Å²) in [4.78, 5) is 15.4. The van der Waals surface area contributed by atoms with Gasteiger partial charge in [0.1, 0.15) is 11.6 Å². The van der Waals surface area contributed by atoms with Gasteiger partial charge in [-0.1, -0.05) is 17.7 Å². The molecule has 1 aliphatic heterocycles. The zero-order valence-corrected chi connectivity index (χ0v) is 16.3. The van der Waals surface area contributed by atoms with Gasteiger partial charge < -0.3 is 30.6 Å². The Morgan fingerprint density at radius 1 is 1.37 bits per heavy atom. The number of carboxylic acid groups (broad SMARTS) is 1. The van der Waals surface area contributed by atoms with Gasteiger partial charge in [0.25, 0.3) is 6.47 Å². The van der Waals surface area contributed by atoms with E-state index in [0.29, 0.717) is 0 Å². The summed E-state index contributed by atoms with van der Waals surface area (Å²) in [6.07, 6.45) is 5.45. The highest BCUT2D eigenvalue weighted by Gasteiger charge is 2.08. The summed E-state index contributed by atoms with van der Waals surface area (Å²) in [7, 11) is 3.60. The molecule has 0 spiro atoms. The van der Waals surface area contributed by atoms with Crippen LogP contribution in [0.25, 0.3) is 0 Å². The number of nitrogens with one attached hydrogen (secondary N) is 3. The van der Waals surface area contributed by atoms with Crippen molar-refractivity contribution in [3.05, 3.63) is 48.0 Å². The Morgan fingerprint density at radius 3 is 2.41 bits per heavy atom. The molecule has 0 saturated carbocycles. The molecule has 3 rings (SSSR count). The topological polar surface area (TPSA) is 120 Å². The van der Waals surface area contributed by atoms with Crippen molar-refractivity contribution in [3.8, 4) is 5.75 Å². The molecular weight excluding hydrogens is 348 g/mol. The van der Waals surface area contributed by atoms with Crippen LogP contribution >= 0.6 is 0 Å². The van der Waals surface area contributed by atoms with Crippen molar-refractivity contribution in [1.29, 1.82) is 0 Å². The van der Waals surface area contributed by atoms with E-state index < -0.39 is 0 Å². The van der Waals surface area contributed by atoms with Crippen molar-refractivity contribution in [1.82, 2.24) is 20.6 Å². The highest BCUT2D eigenvalue weighted by molar-refractivity contribution is 5.32. The van der Waals surface area contributed by atoms with E-state index in [1.165, 1.54) is 5.56 Å². The maximum atomic E-state index is 8.67. The normalized spacial score (nSPS) is 14.4. The van der Waals surface area contributed by atoms with E-state index in [9.17, 15) is 0 Å². The number of aliphatic hydroxyl groups is 1. The molecular formula is C19H32N4O4. The minimum atomic E-state index is -0.250. The highest BCUT2D eigenvalue weighted by atomic mass is 16.5. The molecule has 8 nitrogen and oxygen atoms in total. The second kappa shape index (κ2) is 17.0. The van der Waals surface area contributed by atoms with E-state index in [-0.39, 0.29) is 12.6 Å². The number of benzene rings is 1. The van der Waals surface area contributed by atoms with E-state index in [4.69, 9.17) is 19.7 Å². The van der Waals surface area contributed by atoms with E-state index in [2.05, 4.69) is 27.5 Å². The molecule has 1 saturated heterocycles. The molecule has 1 atom stereocenters. The number of H-pyrrole nitrogens is 1. The van der Waals surface area contributed by atoms with E-state index in [1.807, 2.05) is 37.5 Å². The average molecular weight is 380 g/mol. The Hall–Kier alpha value is -2.42. The van der Waals surface area contributed by atoms with Gasteiger partial charge in [0.2, 0.25) is 0 Å². The third-order valence-electron chi connectivity index (χ3n) is 3.46. The minimum absolute atomic E-state index is 0.0648. The van der Waals surface area contributed by atoms with Crippen LogP contribution in [0.2, 0.25) is 0 Å². The molecule has 8 heteroatoms. The van der Waals surface area contributed by atoms with Crippen molar-refractivity contribution in [2.45, 2.75) is 25.9 Å². The van der Waals surface area contributed by atoms with Gasteiger partial charge in [0.05, 0.1) is 13.2 Å². The fourth-order valence-electron chi connectivity index (χ4n) is 1.99. The lowest BCUT2D eigenvalue weighted by Gasteiger charge is -1.97. The lowest BCUT2D eigenvalue weighted by Crippen LogP contribution is -2.11. The molecule has 1 unspecified atom stereocenters. The molecule has 1 fully saturated rings. The number of carbonyl (C=O) groups is 1. The number of methoxy groups -OCH3 is 1. The lowest BCUT2D eigenvalue weighted by molar-refractivity contribution is -0.122. The second-order valence-electron chi connectivity index (χ2n) is 5.66. The van der Waals surface area contributed by atoms with Crippen molar-refractivity contribution in [2.75, 3.05) is 33.8 Å². The molecule has 0 aliphatic carbocycles. The maximum Gasteiger partial charge on any atom is 0.290 e. The predicted octanol–water partition coefficient (Wildman–Crippen LogP) is 1.22. The first-order valence-corrected chi connectivity index (χ1v) is 8.77. The number of rotatable bonds is 4. The summed E-state index contributed by atoms with van der Waals surface area (Å²) in [5.74, 6) is 1.96. The monoisotopic (exact) mass is 380 g/mol. The predicted molar refractivity (Wildman–Crippen MR) is 106 cm³/mol. The third-order valence-corrected chi connectivity index (χ3v) is 3.46. The Balaban J connectivity index is 0.000000356. The zero-order valence-electron chi connectivity index (χ0n) is 16.3. The van der Waals surface area contributed by atoms with E-state index in [1.54, 1.807) is 13.3 Å². The number of ether oxygens (including phenoxy) is 1. The van der Waals surface area contributed by atoms with Crippen molar-refractivity contribution < 1.29 is 19.7 Å². The molecule has 152 valence electrons. The molecule has 1 aromatic carbocycles. The number of hydrogen-bond acceptors (Lipinski definition) is 6. The number of β-amino-alcohol motifs (C(OH)–C–C–N with tert-alkyl or cyclic N) is 1. The molecule has 0 radical (unpaired) electrons. The van der Waals surface area contributed by atoms with Crippen molar-refractivity contribution >= 4 is 6.47 Å². The van der Waals surface area contributed by atoms with Gasteiger partial charge >= 0.3 is 0 Å². The number of aromatic nitrogens is 2. The SMILES string of the molecule is CNCCc1ncc[nH]1.COc1ccc(C)cc1.O=CO.OC1CCNC1. The van der Waals surface area contributed by atoms with Gasteiger partial charge in [-0.3, -0.25) is 4.79 Å². The third kappa shape index (κ3) is 14.4. The fraction of sp³-hybridized carbons (Fsp3) is 0.474. The molecule has 0 amide bonds. The van der Waals surface area contributed by atoms with Crippen LogP contribution in [0, 0.1) is 6.92 Å². The van der Waals surface area contributed by atoms with Gasteiger partial charge in [-0.25, -0.2) is 4.98 Å². The Labute approximate surface area is 161 Å². The summed E-state index contributed by atoms with van der Waals surface area (Å²) >= 11 is 0. The quantitative estimate of drug-likeness (QED) is 0.506. The Bertz CT molecular complexity index is 556. The number of nitrogens with zero attached hydrogens (tertiary/aromatic N) is 1. The summed E-state index contributed by atoms with van der Waals surface area (Å²) in [6.45, 7) is 4.56. The molecule has 0 bridgehead atoms. The van der Waals surface area contributed by atoms with Gasteiger partial charge in [-0.2, -0.15) is 0 Å². The molecule has 2 aromatic rings. The van der Waals surface area contributed by atoms with Crippen LogP contribution in [0.5, 0.6) is 5.75 Å². The minimum Gasteiger partial charge on any atom is -0.497 e. The Kier molecular flexibility index (Phi) is 15.5. The largest absolute Gasteiger partial charge is 0.497 e. The van der Waals surface area contributed by atoms with Crippen LogP contribution in [0.1, 0.15) is 17.8 Å². The first-order valence-electron chi connectivity index (χ1n) is 8.77. The van der Waals surface area contributed by atoms with Gasteiger partial charge in [-0.05, 0) is 39.1 Å². The van der Waals surface area contributed by atoms with Crippen LogP contribution in [0.4, 0.5) is 0 Å². The van der Waals surface area contributed by atoms with Crippen LogP contribution in [-0.4, -0.2) is 66.5 Å². The van der Waals surface area contributed by atoms with Crippen LogP contribution in [0.15, 0.2) is 36.7 Å². The van der Waals surface area contributed by atoms with Gasteiger partial charge in [-0.15, -0.1) is 0 Å². The second-order valence-corrected chi connectivity index (χ2v) is 5.66. The van der Waals surface area contributed by atoms with Crippen molar-refractivity contribution in [3.63, 3.8) is 0 Å². The molecule has 5 N–H and O–H groups in total. The van der Waals surface area contributed by atoms with Crippen molar-refractivity contribution in [2.24, 2.45) is 0 Å². The Morgan fingerprint density at radius 2 is 2.04 bits per heavy atom. The first-order chi connectivity index (χ1) is 13.1. The number of hydrogen-bond donors (Lipinski definition) is 5. The molecule has 1 aromatic heterocycles. The van der Waals surface area contributed by atoms with E-state index >= 15 is 0 Å². The number of likely N-dealkylation sites (N-methyl/N-ethyl adjacent to an activating group) is 1. The zero-order chi connectivity index (χ0) is 20.3. The summed E-state index contributed by atoms with van der Waals surface area (Å²) in [5.41, 5.74) is 1.26. The van der Waals surface area contributed by atoms with Gasteiger partial charge in [0.15, 0.2) is 0 Å². The molecule has 1 aliphatic rings. The van der Waals surface area contributed by atoms with Crippen LogP contribution in [0.3, 0.4) is 0 Å². The summed E-state index contributed by atoms with van der Waals surface area (Å²) in [6, 6.07) is 7.96. The number of aromatic amines is 1. The van der Waals surface area contributed by atoms with Crippen LogP contribution < -0.4 is 15.4 Å². The smallest absolute Gasteiger partial charge is 0.290 e. The molecule has 2 heterocycles. The lowest BCUT2D eigenvalue weighted by atomic mass is 10.2. The summed E-state index contributed by atoms with van der Waals surface area (Å²) in [5, 5.41) is 21.6. The number of aliphatic hydroxyl groups excluding tert-OH is 1. The maximum absolute atomic E-state index is 8.67. The fourth-order valence-corrected chi connectivity index (χ4v) is 1.99.